The third kappa shape index (κ3) is 4.27. The SMILES string of the molecule is CCC1(C(=O)Nc2ccc(NC(N)=O)c(OC)c2)CCCN1.Cl. The number of nitrogens with two attached hydrogens (primary N) is 1. The molecule has 128 valence electrons. The summed E-state index contributed by atoms with van der Waals surface area (Å²) in [5.74, 6) is 0.381. The summed E-state index contributed by atoms with van der Waals surface area (Å²) in [4.78, 5) is 23.5. The molecule has 1 aliphatic heterocycles. The Balaban J connectivity index is 0.00000264. The summed E-state index contributed by atoms with van der Waals surface area (Å²) in [6.07, 6.45) is 2.55. The Bertz CT molecular complexity index is 574. The molecule has 2 rings (SSSR count). The molecular formula is C15H23ClN4O3. The van der Waals surface area contributed by atoms with Gasteiger partial charge in [-0.2, -0.15) is 0 Å². The van der Waals surface area contributed by atoms with E-state index < -0.39 is 11.6 Å². The maximum Gasteiger partial charge on any atom is 0.316 e. The highest BCUT2D eigenvalue weighted by molar-refractivity contribution is 5.99. The maximum atomic E-state index is 12.5. The van der Waals surface area contributed by atoms with Crippen LogP contribution in [-0.2, 0) is 4.79 Å². The van der Waals surface area contributed by atoms with Crippen LogP contribution in [0.4, 0.5) is 16.2 Å². The number of carbonyl (C=O) groups excluding carboxylic acids is 2. The van der Waals surface area contributed by atoms with E-state index in [1.165, 1.54) is 7.11 Å². The smallest absolute Gasteiger partial charge is 0.316 e. The van der Waals surface area contributed by atoms with Crippen LogP contribution in [0.2, 0.25) is 0 Å². The molecule has 23 heavy (non-hydrogen) atoms. The number of halogens is 1. The first kappa shape index (κ1) is 19.1. The van der Waals surface area contributed by atoms with Gasteiger partial charge in [0.25, 0.3) is 0 Å². The van der Waals surface area contributed by atoms with E-state index >= 15 is 0 Å². The van der Waals surface area contributed by atoms with E-state index in [1.807, 2.05) is 6.92 Å². The summed E-state index contributed by atoms with van der Waals surface area (Å²) in [5, 5.41) is 8.66. The molecule has 1 unspecified atom stereocenters. The Morgan fingerprint density at radius 1 is 1.39 bits per heavy atom. The molecule has 7 nitrogen and oxygen atoms in total. The lowest BCUT2D eigenvalue weighted by atomic mass is 9.93. The zero-order valence-corrected chi connectivity index (χ0v) is 14.1. The van der Waals surface area contributed by atoms with Crippen molar-refractivity contribution in [3.63, 3.8) is 0 Å². The summed E-state index contributed by atoms with van der Waals surface area (Å²) < 4.78 is 5.21. The number of hydrogen-bond donors (Lipinski definition) is 4. The molecule has 0 bridgehead atoms. The molecule has 5 N–H and O–H groups in total. The number of urea groups is 1. The second-order valence-electron chi connectivity index (χ2n) is 5.32. The normalized spacial score (nSPS) is 19.6. The zero-order valence-electron chi connectivity index (χ0n) is 13.3. The first-order valence-corrected chi connectivity index (χ1v) is 7.32. The number of methoxy groups -OCH3 is 1. The van der Waals surface area contributed by atoms with Gasteiger partial charge in [-0.15, -0.1) is 12.4 Å². The van der Waals surface area contributed by atoms with E-state index in [0.29, 0.717) is 17.1 Å². The van der Waals surface area contributed by atoms with E-state index in [0.717, 1.165) is 25.8 Å². The predicted octanol–water partition coefficient (Wildman–Crippen LogP) is 2.08. The molecular weight excluding hydrogens is 320 g/mol. The number of hydrogen-bond acceptors (Lipinski definition) is 4. The van der Waals surface area contributed by atoms with Gasteiger partial charge < -0.3 is 26.4 Å². The fourth-order valence-electron chi connectivity index (χ4n) is 2.72. The fraction of sp³-hybridized carbons (Fsp3) is 0.467. The minimum atomic E-state index is -0.671. The van der Waals surface area contributed by atoms with Gasteiger partial charge in [-0.1, -0.05) is 6.92 Å². The number of carbonyl (C=O) groups is 2. The number of primary amides is 1. The topological polar surface area (TPSA) is 105 Å². The van der Waals surface area contributed by atoms with Crippen LogP contribution in [0.25, 0.3) is 0 Å². The van der Waals surface area contributed by atoms with Gasteiger partial charge in [0, 0.05) is 11.8 Å². The van der Waals surface area contributed by atoms with E-state index in [1.54, 1.807) is 18.2 Å². The van der Waals surface area contributed by atoms with Crippen molar-refractivity contribution in [1.82, 2.24) is 5.32 Å². The van der Waals surface area contributed by atoms with Gasteiger partial charge in [0.15, 0.2) is 0 Å². The minimum Gasteiger partial charge on any atom is -0.494 e. The molecule has 0 spiro atoms. The molecule has 1 fully saturated rings. The predicted molar refractivity (Wildman–Crippen MR) is 92.3 cm³/mol. The molecule has 1 saturated heterocycles. The Kier molecular flexibility index (Phi) is 6.65. The van der Waals surface area contributed by atoms with Gasteiger partial charge in [-0.05, 0) is 37.9 Å². The first-order valence-electron chi connectivity index (χ1n) is 7.32. The number of amides is 3. The number of rotatable bonds is 5. The lowest BCUT2D eigenvalue weighted by Crippen LogP contribution is -2.50. The molecule has 1 aliphatic rings. The van der Waals surface area contributed by atoms with Gasteiger partial charge >= 0.3 is 6.03 Å². The van der Waals surface area contributed by atoms with Crippen LogP contribution in [0.3, 0.4) is 0 Å². The average molecular weight is 343 g/mol. The monoisotopic (exact) mass is 342 g/mol. The van der Waals surface area contributed by atoms with Crippen LogP contribution in [0.15, 0.2) is 18.2 Å². The van der Waals surface area contributed by atoms with Crippen molar-refractivity contribution in [2.45, 2.75) is 31.7 Å². The van der Waals surface area contributed by atoms with Crippen molar-refractivity contribution in [1.29, 1.82) is 0 Å². The van der Waals surface area contributed by atoms with E-state index in [-0.39, 0.29) is 18.3 Å². The Hall–Kier alpha value is -1.99. The van der Waals surface area contributed by atoms with Crippen LogP contribution < -0.4 is 26.4 Å². The first-order chi connectivity index (χ1) is 10.5. The zero-order chi connectivity index (χ0) is 16.2. The number of nitrogens with one attached hydrogen (secondary N) is 3. The van der Waals surface area contributed by atoms with Crippen molar-refractivity contribution in [3.05, 3.63) is 18.2 Å². The number of ether oxygens (including phenoxy) is 1. The standard InChI is InChI=1S/C15H22N4O3.ClH/c1-3-15(7-4-8-17-15)13(20)18-10-5-6-11(19-14(16)21)12(9-10)22-2;/h5-6,9,17H,3-4,7-8H2,1-2H3,(H,18,20)(H3,16,19,21);1H. The van der Waals surface area contributed by atoms with E-state index in [2.05, 4.69) is 16.0 Å². The fourth-order valence-corrected chi connectivity index (χ4v) is 2.72. The van der Waals surface area contributed by atoms with Crippen molar-refractivity contribution in [3.8, 4) is 5.75 Å². The van der Waals surface area contributed by atoms with Crippen LogP contribution in [0.1, 0.15) is 26.2 Å². The molecule has 1 heterocycles. The van der Waals surface area contributed by atoms with Crippen LogP contribution in [0, 0.1) is 0 Å². The highest BCUT2D eigenvalue weighted by atomic mass is 35.5. The second-order valence-corrected chi connectivity index (χ2v) is 5.32. The maximum absolute atomic E-state index is 12.5. The lowest BCUT2D eigenvalue weighted by molar-refractivity contribution is -0.122. The molecule has 1 aromatic carbocycles. The summed E-state index contributed by atoms with van der Waals surface area (Å²) in [6, 6.07) is 4.32. The van der Waals surface area contributed by atoms with Gasteiger partial charge in [0.1, 0.15) is 5.75 Å². The van der Waals surface area contributed by atoms with E-state index in [9.17, 15) is 9.59 Å². The van der Waals surface area contributed by atoms with Crippen LogP contribution >= 0.6 is 12.4 Å². The van der Waals surface area contributed by atoms with Gasteiger partial charge in [-0.25, -0.2) is 4.79 Å². The summed E-state index contributed by atoms with van der Waals surface area (Å²) in [7, 11) is 1.49. The quantitative estimate of drug-likeness (QED) is 0.657. The Morgan fingerprint density at radius 3 is 2.65 bits per heavy atom. The highest BCUT2D eigenvalue weighted by Gasteiger charge is 2.39. The molecule has 3 amide bonds. The third-order valence-electron chi connectivity index (χ3n) is 4.00. The second kappa shape index (κ2) is 8.03. The van der Waals surface area contributed by atoms with Crippen molar-refractivity contribution in [2.24, 2.45) is 5.73 Å². The Morgan fingerprint density at radius 2 is 2.13 bits per heavy atom. The molecule has 0 aliphatic carbocycles. The van der Waals surface area contributed by atoms with E-state index in [4.69, 9.17) is 10.5 Å². The van der Waals surface area contributed by atoms with Crippen LogP contribution in [-0.4, -0.2) is 31.1 Å². The average Bonchev–Trinajstić information content (AvgIpc) is 2.98. The van der Waals surface area contributed by atoms with Crippen molar-refractivity contribution < 1.29 is 14.3 Å². The summed E-state index contributed by atoms with van der Waals surface area (Å²) >= 11 is 0. The third-order valence-corrected chi connectivity index (χ3v) is 4.00. The summed E-state index contributed by atoms with van der Waals surface area (Å²) in [6.45, 7) is 2.85. The van der Waals surface area contributed by atoms with Crippen molar-refractivity contribution >= 4 is 35.7 Å². The Labute approximate surface area is 141 Å². The number of anilines is 2. The van der Waals surface area contributed by atoms with Gasteiger partial charge in [0.05, 0.1) is 18.3 Å². The summed E-state index contributed by atoms with van der Waals surface area (Å²) in [5.41, 5.74) is 5.66. The van der Waals surface area contributed by atoms with Crippen LogP contribution in [0.5, 0.6) is 5.75 Å². The minimum absolute atomic E-state index is 0. The largest absolute Gasteiger partial charge is 0.494 e. The van der Waals surface area contributed by atoms with Gasteiger partial charge in [0.2, 0.25) is 5.91 Å². The van der Waals surface area contributed by atoms with Crippen molar-refractivity contribution in [2.75, 3.05) is 24.3 Å². The lowest BCUT2D eigenvalue weighted by Gasteiger charge is -2.26. The molecule has 0 aromatic heterocycles. The highest BCUT2D eigenvalue weighted by Crippen LogP contribution is 2.30. The number of benzene rings is 1. The molecule has 1 atom stereocenters. The molecule has 1 aromatic rings. The molecule has 0 radical (unpaired) electrons. The molecule has 0 saturated carbocycles. The molecule has 8 heteroatoms. The van der Waals surface area contributed by atoms with Gasteiger partial charge in [-0.3, -0.25) is 4.79 Å².